The van der Waals surface area contributed by atoms with Gasteiger partial charge < -0.3 is 14.1 Å². The second kappa shape index (κ2) is 11.9. The molecular weight excluding hydrogens is 695 g/mol. The number of furan rings is 1. The molecule has 3 nitrogen and oxygen atoms in total. The van der Waals surface area contributed by atoms with Crippen LogP contribution in [0.2, 0.25) is 0 Å². The molecule has 4 bridgehead atoms. The first-order valence-corrected chi connectivity index (χ1v) is 21.6. The number of hydrogen-bond donors (Lipinski definition) is 0. The Hall–Kier alpha value is -5.28. The number of anilines is 3. The van der Waals surface area contributed by atoms with Crippen molar-refractivity contribution < 1.29 is 9.15 Å². The van der Waals surface area contributed by atoms with Crippen molar-refractivity contribution in [2.45, 2.75) is 88.9 Å². The standard InChI is InChI=1S/C54H51NO2/c1-52(2)24-25-53(3,4)51-44(52)12-9-13-46(51)55(40-21-23-48-42(32-40)41-10-5-7-14-47(41)56-48)39-19-16-35(17-20-39)36-18-22-50-45(31-36)54(43-11-6-8-15-49(43)57-50)37-27-33-26-34(29-37)30-38(54)28-33/h5-23,31-34,37-38H,24-30H2,1-4H3. The number of benzene rings is 6. The Balaban J connectivity index is 1.00. The Morgan fingerprint density at radius 2 is 1.16 bits per heavy atom. The summed E-state index contributed by atoms with van der Waals surface area (Å²) in [7, 11) is 0. The van der Waals surface area contributed by atoms with Gasteiger partial charge in [-0.05, 0) is 162 Å². The zero-order chi connectivity index (χ0) is 38.3. The molecule has 5 aliphatic carbocycles. The van der Waals surface area contributed by atoms with Gasteiger partial charge in [0.25, 0.3) is 0 Å². The van der Waals surface area contributed by atoms with Crippen molar-refractivity contribution in [2.75, 3.05) is 4.90 Å². The van der Waals surface area contributed by atoms with Gasteiger partial charge in [0.2, 0.25) is 0 Å². The minimum atomic E-state index is 0.0315. The predicted molar refractivity (Wildman–Crippen MR) is 233 cm³/mol. The number of nitrogens with zero attached hydrogens (tertiary/aromatic N) is 1. The molecule has 0 radical (unpaired) electrons. The largest absolute Gasteiger partial charge is 0.457 e. The fraction of sp³-hybridized carbons (Fsp3) is 0.333. The summed E-state index contributed by atoms with van der Waals surface area (Å²) in [5.41, 5.74) is 13.9. The van der Waals surface area contributed by atoms with Gasteiger partial charge in [0, 0.05) is 38.7 Å². The minimum absolute atomic E-state index is 0.0315. The molecule has 57 heavy (non-hydrogen) atoms. The average molecular weight is 746 g/mol. The van der Waals surface area contributed by atoms with E-state index in [0.717, 1.165) is 63.1 Å². The van der Waals surface area contributed by atoms with E-state index in [1.54, 1.807) is 0 Å². The monoisotopic (exact) mass is 745 g/mol. The molecule has 1 aromatic heterocycles. The summed E-state index contributed by atoms with van der Waals surface area (Å²) >= 11 is 0. The molecule has 6 aliphatic rings. The smallest absolute Gasteiger partial charge is 0.135 e. The molecule has 6 aromatic carbocycles. The maximum Gasteiger partial charge on any atom is 0.135 e. The van der Waals surface area contributed by atoms with Gasteiger partial charge in [-0.15, -0.1) is 0 Å². The SMILES string of the molecule is CC1(C)CCC(C)(C)c2c(N(c3ccc(-c4ccc5c(c4)C4(c6ccccc6O5)C5CC6CC(C5)CC4C6)cc3)c3ccc4oc5ccccc5c4c3)cccc21. The van der Waals surface area contributed by atoms with E-state index in [1.807, 2.05) is 0 Å². The molecule has 0 N–H and O–H groups in total. The van der Waals surface area contributed by atoms with E-state index in [2.05, 4.69) is 160 Å². The van der Waals surface area contributed by atoms with E-state index in [4.69, 9.17) is 9.15 Å². The number of fused-ring (bicyclic) bond motifs is 6. The zero-order valence-corrected chi connectivity index (χ0v) is 33.6. The van der Waals surface area contributed by atoms with Crippen LogP contribution in [0.3, 0.4) is 0 Å². The van der Waals surface area contributed by atoms with E-state index in [0.29, 0.717) is 11.8 Å². The fourth-order valence-corrected chi connectivity index (χ4v) is 13.1. The lowest BCUT2D eigenvalue weighted by molar-refractivity contribution is -0.0452. The molecule has 1 aliphatic heterocycles. The van der Waals surface area contributed by atoms with E-state index >= 15 is 0 Å². The van der Waals surface area contributed by atoms with Crippen LogP contribution in [0, 0.1) is 23.7 Å². The first kappa shape index (κ1) is 33.8. The van der Waals surface area contributed by atoms with Crippen molar-refractivity contribution in [3.05, 3.63) is 150 Å². The molecule has 13 rings (SSSR count). The zero-order valence-electron chi connectivity index (χ0n) is 33.6. The van der Waals surface area contributed by atoms with E-state index in [9.17, 15) is 0 Å². The molecule has 0 saturated heterocycles. The van der Waals surface area contributed by atoms with Gasteiger partial charge in [0.1, 0.15) is 22.7 Å². The molecule has 3 heteroatoms. The van der Waals surface area contributed by atoms with Crippen LogP contribution in [0.1, 0.15) is 94.9 Å². The number of para-hydroxylation sites is 2. The Labute approximate surface area is 336 Å². The van der Waals surface area contributed by atoms with Crippen LogP contribution in [-0.4, -0.2) is 0 Å². The summed E-state index contributed by atoms with van der Waals surface area (Å²) in [5.74, 6) is 5.30. The molecule has 0 atom stereocenters. The number of ether oxygens (including phenoxy) is 1. The Morgan fingerprint density at radius 3 is 1.96 bits per heavy atom. The van der Waals surface area contributed by atoms with Crippen LogP contribution < -0.4 is 9.64 Å². The topological polar surface area (TPSA) is 25.6 Å². The first-order chi connectivity index (χ1) is 27.7. The summed E-state index contributed by atoms with van der Waals surface area (Å²) in [4.78, 5) is 2.51. The van der Waals surface area contributed by atoms with Crippen LogP contribution >= 0.6 is 0 Å². The van der Waals surface area contributed by atoms with Crippen LogP contribution in [-0.2, 0) is 16.2 Å². The van der Waals surface area contributed by atoms with Crippen LogP contribution in [0.25, 0.3) is 33.1 Å². The van der Waals surface area contributed by atoms with Crippen LogP contribution in [0.5, 0.6) is 11.5 Å². The second-order valence-electron chi connectivity index (χ2n) is 19.6. The molecule has 1 spiro atoms. The average Bonchev–Trinajstić information content (AvgIpc) is 3.59. The molecule has 7 aromatic rings. The van der Waals surface area contributed by atoms with Gasteiger partial charge in [0.05, 0.1) is 5.69 Å². The van der Waals surface area contributed by atoms with Crippen molar-refractivity contribution in [1.29, 1.82) is 0 Å². The molecule has 0 amide bonds. The summed E-state index contributed by atoms with van der Waals surface area (Å²) in [6, 6.07) is 47.6. The lowest BCUT2D eigenvalue weighted by Gasteiger charge is -2.63. The highest BCUT2D eigenvalue weighted by Gasteiger charge is 2.61. The molecule has 2 heterocycles. The van der Waals surface area contributed by atoms with Crippen molar-refractivity contribution in [3.8, 4) is 22.6 Å². The maximum absolute atomic E-state index is 6.76. The molecule has 4 saturated carbocycles. The van der Waals surface area contributed by atoms with E-state index in [1.165, 1.54) is 77.6 Å². The lowest BCUT2D eigenvalue weighted by atomic mass is 9.41. The number of rotatable bonds is 4. The summed E-state index contributed by atoms with van der Waals surface area (Å²) in [5, 5.41) is 2.29. The molecule has 284 valence electrons. The van der Waals surface area contributed by atoms with Gasteiger partial charge >= 0.3 is 0 Å². The van der Waals surface area contributed by atoms with Gasteiger partial charge in [0.15, 0.2) is 0 Å². The summed E-state index contributed by atoms with van der Waals surface area (Å²) in [6.45, 7) is 9.71. The van der Waals surface area contributed by atoms with E-state index in [-0.39, 0.29) is 16.2 Å². The third-order valence-electron chi connectivity index (χ3n) is 15.5. The van der Waals surface area contributed by atoms with Gasteiger partial charge in [-0.25, -0.2) is 0 Å². The third-order valence-corrected chi connectivity index (χ3v) is 15.5. The molecule has 4 fully saturated rings. The second-order valence-corrected chi connectivity index (χ2v) is 19.6. The Bertz CT molecular complexity index is 2720. The number of hydrogen-bond acceptors (Lipinski definition) is 3. The van der Waals surface area contributed by atoms with Crippen LogP contribution in [0.4, 0.5) is 17.1 Å². The van der Waals surface area contributed by atoms with Gasteiger partial charge in [-0.1, -0.05) is 94.4 Å². The lowest BCUT2D eigenvalue weighted by Crippen LogP contribution is -2.56. The Morgan fingerprint density at radius 1 is 0.509 bits per heavy atom. The highest BCUT2D eigenvalue weighted by Crippen LogP contribution is 2.69. The highest BCUT2D eigenvalue weighted by molar-refractivity contribution is 6.06. The van der Waals surface area contributed by atoms with Crippen molar-refractivity contribution in [1.82, 2.24) is 0 Å². The minimum Gasteiger partial charge on any atom is -0.457 e. The highest BCUT2D eigenvalue weighted by atomic mass is 16.5. The summed E-state index contributed by atoms with van der Waals surface area (Å²) < 4.78 is 13.1. The first-order valence-electron chi connectivity index (χ1n) is 21.6. The van der Waals surface area contributed by atoms with E-state index < -0.39 is 0 Å². The fourth-order valence-electron chi connectivity index (χ4n) is 13.1. The third kappa shape index (κ3) is 4.84. The normalized spacial score (nSPS) is 25.9. The van der Waals surface area contributed by atoms with Crippen molar-refractivity contribution >= 4 is 39.0 Å². The maximum atomic E-state index is 6.76. The predicted octanol–water partition coefficient (Wildman–Crippen LogP) is 14.9. The Kier molecular flexibility index (Phi) is 7.05. The quantitative estimate of drug-likeness (QED) is 0.179. The van der Waals surface area contributed by atoms with Gasteiger partial charge in [-0.2, -0.15) is 0 Å². The van der Waals surface area contributed by atoms with Gasteiger partial charge in [-0.3, -0.25) is 0 Å². The molecule has 0 unspecified atom stereocenters. The summed E-state index contributed by atoms with van der Waals surface area (Å²) in [6.07, 6.45) is 9.20. The van der Waals surface area contributed by atoms with Crippen molar-refractivity contribution in [3.63, 3.8) is 0 Å². The van der Waals surface area contributed by atoms with Crippen LogP contribution in [0.15, 0.2) is 132 Å². The molecular formula is C54H51NO2. The van der Waals surface area contributed by atoms with Crippen molar-refractivity contribution in [2.24, 2.45) is 23.7 Å².